The minimum atomic E-state index is -1.79. The lowest BCUT2D eigenvalue weighted by atomic mass is 9.52. The number of likely N-dealkylation sites (N-methyl/N-ethyl adjacent to an activating group) is 1. The normalized spacial score (nSPS) is 32.3. The van der Waals surface area contributed by atoms with Crippen LogP contribution in [0.1, 0.15) is 30.4 Å². The maximum Gasteiger partial charge on any atom is 0.174 e. The van der Waals surface area contributed by atoms with Crippen molar-refractivity contribution in [3.05, 3.63) is 23.3 Å². The molecule has 10 nitrogen and oxygen atoms in total. The summed E-state index contributed by atoms with van der Waals surface area (Å²) in [5.74, 6) is 2.46. The number of carbonyl (C=O) groups is 2. The summed E-state index contributed by atoms with van der Waals surface area (Å²) in [6.45, 7) is 0.286. The van der Waals surface area contributed by atoms with Crippen molar-refractivity contribution in [2.45, 2.75) is 67.7 Å². The molecule has 2 fully saturated rings. The van der Waals surface area contributed by atoms with Crippen LogP contribution in [0.5, 0.6) is 11.5 Å². The van der Waals surface area contributed by atoms with Crippen LogP contribution in [0.4, 0.5) is 0 Å². The van der Waals surface area contributed by atoms with Crippen molar-refractivity contribution in [3.8, 4) is 11.5 Å². The van der Waals surface area contributed by atoms with Gasteiger partial charge in [-0.3, -0.25) is 4.79 Å². The van der Waals surface area contributed by atoms with Crippen molar-refractivity contribution in [1.29, 1.82) is 0 Å². The molecule has 5 rings (SSSR count). The lowest BCUT2D eigenvalue weighted by molar-refractivity contribution is -0.138. The highest BCUT2D eigenvalue weighted by molar-refractivity contribution is 5.89. The highest BCUT2D eigenvalue weighted by Crippen LogP contribution is 2.63. The molecule has 34 heavy (non-hydrogen) atoms. The van der Waals surface area contributed by atoms with Crippen molar-refractivity contribution >= 4 is 12.1 Å². The number of aliphatic hydroxyl groups is 5. The number of Topliss-reactive ketones (excluding diaryl/α,β-unsaturated/α-hetero) is 1. The molecular formula is C24H33NO9. The number of hydrogen-bond acceptors (Lipinski definition) is 10. The average molecular weight is 480 g/mol. The van der Waals surface area contributed by atoms with E-state index in [1.54, 1.807) is 7.11 Å². The molecule has 5 N–H and O–H groups in total. The number of benzene rings is 1. The van der Waals surface area contributed by atoms with E-state index in [9.17, 15) is 9.59 Å². The molecule has 4 aliphatic rings. The zero-order valence-corrected chi connectivity index (χ0v) is 19.3. The van der Waals surface area contributed by atoms with E-state index in [4.69, 9.17) is 35.0 Å². The number of ketones is 1. The summed E-state index contributed by atoms with van der Waals surface area (Å²) in [5, 5.41) is 43.5. The quantitative estimate of drug-likeness (QED) is 0.306. The fourth-order valence-electron chi connectivity index (χ4n) is 6.29. The number of hydrogen-bond donors (Lipinski definition) is 5. The van der Waals surface area contributed by atoms with E-state index in [2.05, 4.69) is 18.0 Å². The minimum Gasteiger partial charge on any atom is -0.493 e. The number of piperidine rings is 1. The molecule has 0 unspecified atom stereocenters. The van der Waals surface area contributed by atoms with E-state index < -0.39 is 31.0 Å². The number of carbonyl (C=O) groups excluding carboxylic acids is 2. The molecule has 0 radical (unpaired) electrons. The Labute approximate surface area is 197 Å². The molecular weight excluding hydrogens is 446 g/mol. The van der Waals surface area contributed by atoms with E-state index in [1.165, 1.54) is 11.1 Å². The first kappa shape index (κ1) is 25.0. The molecule has 2 aliphatic heterocycles. The van der Waals surface area contributed by atoms with Gasteiger partial charge in [-0.2, -0.15) is 0 Å². The largest absolute Gasteiger partial charge is 0.493 e. The number of likely N-dealkylation sites (tertiary alicyclic amines) is 1. The first-order valence-corrected chi connectivity index (χ1v) is 11.6. The smallest absolute Gasteiger partial charge is 0.174 e. The van der Waals surface area contributed by atoms with Gasteiger partial charge in [-0.25, -0.2) is 0 Å². The first-order valence-electron chi connectivity index (χ1n) is 11.6. The number of methoxy groups -OCH3 is 1. The SMILES string of the molecule is COc1ccc2c3c1O[C@H]1C(=O)CC[C@H]4[C@@H](C2)N(C)CC[C@]314.O=C[C@H](O)[C@@H](O)[C@@H](O)[C@H](O)CO. The molecule has 10 heteroatoms. The third-order valence-corrected chi connectivity index (χ3v) is 8.01. The molecule has 1 saturated heterocycles. The van der Waals surface area contributed by atoms with Crippen LogP contribution in [0.25, 0.3) is 0 Å². The third kappa shape index (κ3) is 3.73. The standard InChI is InChI=1S/C18H21NO3.C6H12O6/c1-19-8-7-18-11-4-5-13(20)17(18)22-16-14(21-2)6-3-10(15(16)18)9-12(11)19;7-1-3(9)5(11)6(12)4(10)2-8/h3,6,11-12,17H,4-5,7-9H2,1-2H3;1,3-6,8-12H,2H2/t11-,12+,17-,18-;3-,4+,5+,6-/m00/s1. The van der Waals surface area contributed by atoms with Crippen LogP contribution in [-0.2, 0) is 21.4 Å². The number of ether oxygens (including phenoxy) is 2. The predicted octanol–water partition coefficient (Wildman–Crippen LogP) is -1.45. The summed E-state index contributed by atoms with van der Waals surface area (Å²) in [6, 6.07) is 4.73. The maximum atomic E-state index is 12.6. The van der Waals surface area contributed by atoms with E-state index in [-0.39, 0.29) is 23.6 Å². The fourth-order valence-corrected chi connectivity index (χ4v) is 6.29. The van der Waals surface area contributed by atoms with Gasteiger partial charge in [0.25, 0.3) is 0 Å². The maximum absolute atomic E-state index is 12.6. The zero-order valence-electron chi connectivity index (χ0n) is 19.3. The molecule has 2 bridgehead atoms. The van der Waals surface area contributed by atoms with Gasteiger partial charge in [0.15, 0.2) is 29.7 Å². The molecule has 8 atom stereocenters. The molecule has 1 aromatic rings. The highest BCUT2D eigenvalue weighted by atomic mass is 16.5. The van der Waals surface area contributed by atoms with Gasteiger partial charge in [-0.05, 0) is 50.4 Å². The van der Waals surface area contributed by atoms with Crippen LogP contribution in [0, 0.1) is 5.92 Å². The van der Waals surface area contributed by atoms with E-state index in [1.807, 2.05) is 6.07 Å². The Hall–Kier alpha value is -2.08. The Kier molecular flexibility index (Phi) is 7.01. The predicted molar refractivity (Wildman–Crippen MR) is 119 cm³/mol. The van der Waals surface area contributed by atoms with Gasteiger partial charge in [0.1, 0.15) is 24.4 Å². The van der Waals surface area contributed by atoms with Gasteiger partial charge in [0.05, 0.1) is 13.7 Å². The molecule has 2 heterocycles. The van der Waals surface area contributed by atoms with Crippen molar-refractivity contribution in [2.75, 3.05) is 27.3 Å². The fraction of sp³-hybridized carbons (Fsp3) is 0.667. The molecule has 0 amide bonds. The second-order valence-electron chi connectivity index (χ2n) is 9.64. The monoisotopic (exact) mass is 479 g/mol. The number of rotatable bonds is 6. The van der Waals surface area contributed by atoms with Gasteiger partial charge in [0.2, 0.25) is 0 Å². The number of aldehydes is 1. The van der Waals surface area contributed by atoms with Gasteiger partial charge >= 0.3 is 0 Å². The van der Waals surface area contributed by atoms with Crippen LogP contribution in [0.15, 0.2) is 12.1 Å². The van der Waals surface area contributed by atoms with Crippen molar-refractivity contribution in [3.63, 3.8) is 0 Å². The Balaban J connectivity index is 0.000000197. The average Bonchev–Trinajstić information content (AvgIpc) is 3.21. The minimum absolute atomic E-state index is 0.0258. The Morgan fingerprint density at radius 3 is 2.65 bits per heavy atom. The molecule has 188 valence electrons. The summed E-state index contributed by atoms with van der Waals surface area (Å²) >= 11 is 0. The highest BCUT2D eigenvalue weighted by Gasteiger charge is 2.65. The number of aliphatic hydroxyl groups excluding tert-OH is 5. The second-order valence-corrected chi connectivity index (χ2v) is 9.64. The Morgan fingerprint density at radius 2 is 2.00 bits per heavy atom. The van der Waals surface area contributed by atoms with Gasteiger partial charge in [-0.1, -0.05) is 6.07 Å². The van der Waals surface area contributed by atoms with Crippen LogP contribution in [0.3, 0.4) is 0 Å². The van der Waals surface area contributed by atoms with Gasteiger partial charge in [0, 0.05) is 23.4 Å². The summed E-state index contributed by atoms with van der Waals surface area (Å²) in [4.78, 5) is 25.0. The van der Waals surface area contributed by atoms with E-state index in [0.717, 1.165) is 37.3 Å². The zero-order chi connectivity index (χ0) is 24.8. The lowest BCUT2D eigenvalue weighted by Crippen LogP contribution is -2.65. The van der Waals surface area contributed by atoms with Crippen LogP contribution in [-0.4, -0.2) is 106 Å². The Bertz CT molecular complexity index is 939. The van der Waals surface area contributed by atoms with Crippen molar-refractivity contribution in [1.82, 2.24) is 4.90 Å². The first-order chi connectivity index (χ1) is 16.2. The summed E-state index contributed by atoms with van der Waals surface area (Å²) in [7, 11) is 3.91. The Morgan fingerprint density at radius 1 is 1.26 bits per heavy atom. The summed E-state index contributed by atoms with van der Waals surface area (Å²) in [5.41, 5.74) is 2.57. The van der Waals surface area contributed by atoms with E-state index in [0.29, 0.717) is 18.4 Å². The van der Waals surface area contributed by atoms with Crippen molar-refractivity contribution < 1.29 is 44.6 Å². The van der Waals surface area contributed by atoms with Gasteiger partial charge < -0.3 is 44.7 Å². The molecule has 0 aromatic heterocycles. The van der Waals surface area contributed by atoms with E-state index >= 15 is 0 Å². The molecule has 1 aromatic carbocycles. The molecule has 1 spiro atoms. The lowest BCUT2D eigenvalue weighted by Gasteiger charge is -2.57. The third-order valence-electron chi connectivity index (χ3n) is 8.01. The summed E-state index contributed by atoms with van der Waals surface area (Å²) < 4.78 is 11.8. The van der Waals surface area contributed by atoms with Gasteiger partial charge in [-0.15, -0.1) is 0 Å². The number of nitrogens with zero attached hydrogens (tertiary/aromatic N) is 1. The topological polar surface area (TPSA) is 157 Å². The van der Waals surface area contributed by atoms with Crippen LogP contribution >= 0.6 is 0 Å². The molecule has 1 saturated carbocycles. The van der Waals surface area contributed by atoms with Crippen LogP contribution in [0.2, 0.25) is 0 Å². The molecule has 2 aliphatic carbocycles. The second kappa shape index (κ2) is 9.52. The van der Waals surface area contributed by atoms with Crippen LogP contribution < -0.4 is 9.47 Å². The summed E-state index contributed by atoms with van der Waals surface area (Å²) in [6.07, 6.45) is -3.37. The van der Waals surface area contributed by atoms with Crippen molar-refractivity contribution in [2.24, 2.45) is 5.92 Å².